The van der Waals surface area contributed by atoms with Crippen LogP contribution in [0.5, 0.6) is 0 Å². The summed E-state index contributed by atoms with van der Waals surface area (Å²) < 4.78 is 11.1. The summed E-state index contributed by atoms with van der Waals surface area (Å²) >= 11 is 0. The van der Waals surface area contributed by atoms with Gasteiger partial charge in [-0.2, -0.15) is 0 Å². The van der Waals surface area contributed by atoms with Crippen LogP contribution in [0.15, 0.2) is 46.7 Å². The van der Waals surface area contributed by atoms with Crippen LogP contribution in [-0.2, 0) is 9.53 Å². The van der Waals surface area contributed by atoms with Gasteiger partial charge in [0.1, 0.15) is 11.5 Å². The second-order valence-electron chi connectivity index (χ2n) is 7.29. The lowest BCUT2D eigenvalue weighted by Gasteiger charge is -2.35. The summed E-state index contributed by atoms with van der Waals surface area (Å²) in [6.45, 7) is 8.74. The topological polar surface area (TPSA) is 71.8 Å². The zero-order chi connectivity index (χ0) is 20.3. The lowest BCUT2D eigenvalue weighted by Crippen LogP contribution is -2.50. The van der Waals surface area contributed by atoms with Crippen molar-refractivity contribution in [2.24, 2.45) is 0 Å². The second-order valence-corrected chi connectivity index (χ2v) is 7.29. The largest absolute Gasteiger partial charge is 0.465 e. The third-order valence-electron chi connectivity index (χ3n) is 4.78. The van der Waals surface area contributed by atoms with E-state index < -0.39 is 0 Å². The molecule has 1 aromatic heterocycles. The van der Waals surface area contributed by atoms with Gasteiger partial charge in [-0.05, 0) is 63.1 Å². The summed E-state index contributed by atoms with van der Waals surface area (Å²) in [5.74, 6) is -0.0858. The van der Waals surface area contributed by atoms with Gasteiger partial charge in [-0.1, -0.05) is 6.07 Å². The summed E-state index contributed by atoms with van der Waals surface area (Å²) in [6, 6.07) is 8.94. The summed E-state index contributed by atoms with van der Waals surface area (Å²) in [5, 5.41) is 2.78. The van der Waals surface area contributed by atoms with Gasteiger partial charge in [-0.15, -0.1) is 0 Å². The number of furan rings is 1. The first kappa shape index (κ1) is 19.9. The van der Waals surface area contributed by atoms with Crippen molar-refractivity contribution in [3.8, 4) is 0 Å². The summed E-state index contributed by atoms with van der Waals surface area (Å²) in [5.41, 5.74) is 2.81. The molecule has 1 aromatic carbocycles. The van der Waals surface area contributed by atoms with E-state index in [-0.39, 0.29) is 29.7 Å². The van der Waals surface area contributed by atoms with Gasteiger partial charge in [0.2, 0.25) is 0 Å². The summed E-state index contributed by atoms with van der Waals surface area (Å²) in [7, 11) is 0. The summed E-state index contributed by atoms with van der Waals surface area (Å²) in [6.07, 6.45) is 2.96. The van der Waals surface area contributed by atoms with Crippen molar-refractivity contribution in [2.75, 3.05) is 13.1 Å². The number of aryl methyl sites for hydroxylation is 2. The Balaban J connectivity index is 1.86. The van der Waals surface area contributed by atoms with Gasteiger partial charge >= 0.3 is 0 Å². The smallest absolute Gasteiger partial charge is 0.270 e. The molecule has 1 N–H and O–H groups in total. The molecule has 0 aliphatic carbocycles. The molecule has 2 amide bonds. The summed E-state index contributed by atoms with van der Waals surface area (Å²) in [4.78, 5) is 27.6. The second kappa shape index (κ2) is 8.44. The van der Waals surface area contributed by atoms with Crippen LogP contribution >= 0.6 is 0 Å². The van der Waals surface area contributed by atoms with E-state index in [1.54, 1.807) is 29.2 Å². The highest BCUT2D eigenvalue weighted by Gasteiger charge is 2.28. The number of amides is 2. The zero-order valence-electron chi connectivity index (χ0n) is 16.7. The number of ether oxygens (including phenoxy) is 1. The van der Waals surface area contributed by atoms with E-state index in [1.165, 1.54) is 6.26 Å². The van der Waals surface area contributed by atoms with Crippen LogP contribution in [0, 0.1) is 13.8 Å². The molecule has 0 spiro atoms. The van der Waals surface area contributed by atoms with Gasteiger partial charge in [0, 0.05) is 24.7 Å². The average molecular weight is 382 g/mol. The van der Waals surface area contributed by atoms with Gasteiger partial charge in [0.05, 0.1) is 18.5 Å². The van der Waals surface area contributed by atoms with E-state index in [9.17, 15) is 9.59 Å². The van der Waals surface area contributed by atoms with E-state index in [4.69, 9.17) is 9.15 Å². The fourth-order valence-electron chi connectivity index (χ4n) is 3.26. The Morgan fingerprint density at radius 1 is 1.11 bits per heavy atom. The Hall–Kier alpha value is -2.86. The molecule has 0 saturated carbocycles. The van der Waals surface area contributed by atoms with E-state index in [0.29, 0.717) is 24.4 Å². The molecule has 1 saturated heterocycles. The van der Waals surface area contributed by atoms with Crippen LogP contribution in [0.1, 0.15) is 41.1 Å². The maximum Gasteiger partial charge on any atom is 0.270 e. The van der Waals surface area contributed by atoms with Gasteiger partial charge in [0.15, 0.2) is 0 Å². The minimum absolute atomic E-state index is 0.0620. The Bertz CT molecular complexity index is 876. The number of rotatable bonds is 4. The van der Waals surface area contributed by atoms with Crippen LogP contribution in [0.2, 0.25) is 0 Å². The number of carbonyl (C=O) groups is 2. The first-order valence-corrected chi connectivity index (χ1v) is 9.42. The highest BCUT2D eigenvalue weighted by Crippen LogP contribution is 2.16. The minimum atomic E-state index is -0.330. The molecule has 2 heterocycles. The van der Waals surface area contributed by atoms with E-state index in [1.807, 2.05) is 39.8 Å². The predicted octanol–water partition coefficient (Wildman–Crippen LogP) is 3.30. The lowest BCUT2D eigenvalue weighted by atomic mass is 10.1. The molecule has 148 valence electrons. The fraction of sp³-hybridized carbons (Fsp3) is 0.364. The maximum atomic E-state index is 13.1. The SMILES string of the molecule is Cc1ccc(C(=O)N/C(=C/c2ccco2)C(=O)N2C[C@H](C)O[C@@H](C)C2)cc1C. The van der Waals surface area contributed by atoms with Crippen molar-refractivity contribution in [1.29, 1.82) is 0 Å². The third kappa shape index (κ3) is 4.70. The van der Waals surface area contributed by atoms with E-state index in [2.05, 4.69) is 5.32 Å². The van der Waals surface area contributed by atoms with Crippen LogP contribution in [-0.4, -0.2) is 42.0 Å². The molecule has 6 heteroatoms. The average Bonchev–Trinajstić information content (AvgIpc) is 3.15. The molecule has 0 radical (unpaired) electrons. The lowest BCUT2D eigenvalue weighted by molar-refractivity contribution is -0.139. The molecule has 0 unspecified atom stereocenters. The first-order chi connectivity index (χ1) is 13.3. The molecule has 1 aliphatic heterocycles. The number of nitrogens with zero attached hydrogens (tertiary/aromatic N) is 1. The molecule has 2 atom stereocenters. The fourth-order valence-corrected chi connectivity index (χ4v) is 3.26. The van der Waals surface area contributed by atoms with Crippen molar-refractivity contribution in [3.63, 3.8) is 0 Å². The van der Waals surface area contributed by atoms with Gasteiger partial charge in [-0.3, -0.25) is 9.59 Å². The number of morpholine rings is 1. The third-order valence-corrected chi connectivity index (χ3v) is 4.78. The van der Waals surface area contributed by atoms with Crippen LogP contribution in [0.4, 0.5) is 0 Å². The molecular weight excluding hydrogens is 356 g/mol. The zero-order valence-corrected chi connectivity index (χ0v) is 16.7. The first-order valence-electron chi connectivity index (χ1n) is 9.42. The molecule has 28 heavy (non-hydrogen) atoms. The van der Waals surface area contributed by atoms with E-state index >= 15 is 0 Å². The van der Waals surface area contributed by atoms with Crippen LogP contribution in [0.25, 0.3) is 6.08 Å². The van der Waals surface area contributed by atoms with Crippen molar-refractivity contribution in [3.05, 3.63) is 64.7 Å². The molecular formula is C22H26N2O4. The monoisotopic (exact) mass is 382 g/mol. The Kier molecular flexibility index (Phi) is 5.99. The Morgan fingerprint density at radius 2 is 1.82 bits per heavy atom. The van der Waals surface area contributed by atoms with Crippen molar-refractivity contribution in [2.45, 2.75) is 39.9 Å². The standard InChI is InChI=1S/C22H26N2O4/c1-14-7-8-18(10-15(14)2)21(25)23-20(11-19-6-5-9-27-19)22(26)24-12-16(3)28-17(4)13-24/h5-11,16-17H,12-13H2,1-4H3,(H,23,25)/b20-11+/t16-,17-/m0/s1. The normalized spacial score (nSPS) is 20.1. The minimum Gasteiger partial charge on any atom is -0.465 e. The number of carbonyl (C=O) groups excluding carboxylic acids is 2. The van der Waals surface area contributed by atoms with Gasteiger partial charge < -0.3 is 19.4 Å². The van der Waals surface area contributed by atoms with Crippen molar-refractivity contribution >= 4 is 17.9 Å². The van der Waals surface area contributed by atoms with Gasteiger partial charge in [-0.25, -0.2) is 0 Å². The molecule has 1 aliphatic rings. The molecule has 1 fully saturated rings. The number of nitrogens with one attached hydrogen (secondary N) is 1. The predicted molar refractivity (Wildman–Crippen MR) is 107 cm³/mol. The molecule has 0 bridgehead atoms. The molecule has 2 aromatic rings. The highest BCUT2D eigenvalue weighted by molar-refractivity contribution is 6.05. The Labute approximate surface area is 165 Å². The number of hydrogen-bond acceptors (Lipinski definition) is 4. The Morgan fingerprint density at radius 3 is 2.43 bits per heavy atom. The molecule has 6 nitrogen and oxygen atoms in total. The number of benzene rings is 1. The van der Waals surface area contributed by atoms with Crippen molar-refractivity contribution < 1.29 is 18.7 Å². The number of hydrogen-bond donors (Lipinski definition) is 1. The maximum absolute atomic E-state index is 13.1. The quantitative estimate of drug-likeness (QED) is 0.824. The van der Waals surface area contributed by atoms with Crippen LogP contribution < -0.4 is 5.32 Å². The van der Waals surface area contributed by atoms with Gasteiger partial charge in [0.25, 0.3) is 11.8 Å². The molecule has 3 rings (SSSR count). The highest BCUT2D eigenvalue weighted by atomic mass is 16.5. The van der Waals surface area contributed by atoms with Crippen LogP contribution in [0.3, 0.4) is 0 Å². The van der Waals surface area contributed by atoms with Crippen molar-refractivity contribution in [1.82, 2.24) is 10.2 Å². The van der Waals surface area contributed by atoms with E-state index in [0.717, 1.165) is 11.1 Å².